The van der Waals surface area contributed by atoms with Crippen LogP contribution in [0, 0.1) is 5.92 Å². The lowest BCUT2D eigenvalue weighted by Crippen LogP contribution is -2.40. The van der Waals surface area contributed by atoms with Crippen LogP contribution < -0.4 is 4.90 Å². The molecule has 0 radical (unpaired) electrons. The molecule has 4 nitrogen and oxygen atoms in total. The maximum Gasteiger partial charge on any atom is 0.231 e. The van der Waals surface area contributed by atoms with Gasteiger partial charge in [-0.3, -0.25) is 9.69 Å². The van der Waals surface area contributed by atoms with E-state index < -0.39 is 0 Å². The van der Waals surface area contributed by atoms with Crippen molar-refractivity contribution in [3.63, 3.8) is 0 Å². The van der Waals surface area contributed by atoms with Crippen molar-refractivity contribution in [3.8, 4) is 0 Å². The third-order valence-corrected chi connectivity index (χ3v) is 3.94. The van der Waals surface area contributed by atoms with Gasteiger partial charge in [-0.1, -0.05) is 15.9 Å². The minimum absolute atomic E-state index is 0.131. The Morgan fingerprint density at radius 2 is 2.17 bits per heavy atom. The third-order valence-electron chi connectivity index (χ3n) is 3.45. The number of nitrogens with zero attached hydrogens (tertiary/aromatic N) is 3. The summed E-state index contributed by atoms with van der Waals surface area (Å²) < 4.78 is 0.940. The zero-order valence-electron chi connectivity index (χ0n) is 10.8. The number of piperidine rings is 1. The molecule has 1 amide bonds. The maximum absolute atomic E-state index is 12.4. The van der Waals surface area contributed by atoms with Crippen LogP contribution in [0.25, 0.3) is 0 Å². The number of carbonyl (C=O) groups is 1. The average Bonchev–Trinajstić information content (AvgIpc) is 2.38. The second-order valence-corrected chi connectivity index (χ2v) is 5.72. The van der Waals surface area contributed by atoms with Gasteiger partial charge in [-0.2, -0.15) is 0 Å². The zero-order valence-corrected chi connectivity index (χ0v) is 12.4. The number of carbonyl (C=O) groups excluding carboxylic acids is 1. The van der Waals surface area contributed by atoms with E-state index in [0.717, 1.165) is 30.4 Å². The van der Waals surface area contributed by atoms with Crippen molar-refractivity contribution in [3.05, 3.63) is 22.8 Å². The van der Waals surface area contributed by atoms with Gasteiger partial charge in [0.25, 0.3) is 0 Å². The van der Waals surface area contributed by atoms with Crippen LogP contribution in [-0.4, -0.2) is 43.0 Å². The van der Waals surface area contributed by atoms with Gasteiger partial charge in [0.15, 0.2) is 0 Å². The molecule has 0 aliphatic carbocycles. The van der Waals surface area contributed by atoms with E-state index in [1.807, 2.05) is 12.1 Å². The lowest BCUT2D eigenvalue weighted by atomic mass is 9.96. The molecule has 1 saturated heterocycles. The molecule has 2 heterocycles. The Morgan fingerprint density at radius 1 is 1.50 bits per heavy atom. The molecular weight excluding hydrogens is 294 g/mol. The predicted molar refractivity (Wildman–Crippen MR) is 75.6 cm³/mol. The molecule has 1 aromatic rings. The molecule has 0 atom stereocenters. The number of rotatable bonds is 2. The molecule has 1 aromatic heterocycles. The predicted octanol–water partition coefficient (Wildman–Crippen LogP) is 2.15. The number of anilines is 1. The Labute approximate surface area is 116 Å². The Balaban J connectivity index is 2.04. The zero-order chi connectivity index (χ0) is 13.1. The summed E-state index contributed by atoms with van der Waals surface area (Å²) in [6.07, 6.45) is 3.58. The molecule has 0 spiro atoms. The number of aromatic nitrogens is 1. The highest BCUT2D eigenvalue weighted by atomic mass is 79.9. The minimum atomic E-state index is 0.131. The van der Waals surface area contributed by atoms with Crippen molar-refractivity contribution in [1.82, 2.24) is 9.88 Å². The SMILES string of the molecule is CN1CCC(C(=O)N(C)c2cc(Br)ccn2)CC1. The standard InChI is InChI=1S/C13H18BrN3O/c1-16-7-4-10(5-8-16)13(18)17(2)12-9-11(14)3-6-15-12/h3,6,9-10H,4-5,7-8H2,1-2H3. The largest absolute Gasteiger partial charge is 0.306 e. The molecule has 5 heteroatoms. The lowest BCUT2D eigenvalue weighted by Gasteiger charge is -2.30. The Bertz CT molecular complexity index is 430. The van der Waals surface area contributed by atoms with Crippen LogP contribution in [-0.2, 0) is 4.79 Å². The molecule has 0 unspecified atom stereocenters. The van der Waals surface area contributed by atoms with Crippen LogP contribution in [0.4, 0.5) is 5.82 Å². The summed E-state index contributed by atoms with van der Waals surface area (Å²) in [6.45, 7) is 1.99. The normalized spacial score (nSPS) is 17.7. The van der Waals surface area contributed by atoms with Crippen LogP contribution in [0.1, 0.15) is 12.8 Å². The molecule has 0 N–H and O–H groups in total. The second-order valence-electron chi connectivity index (χ2n) is 4.81. The quantitative estimate of drug-likeness (QED) is 0.839. The number of amides is 1. The van der Waals surface area contributed by atoms with Gasteiger partial charge in [0.05, 0.1) is 0 Å². The number of halogens is 1. The van der Waals surface area contributed by atoms with E-state index in [2.05, 4.69) is 32.9 Å². The van der Waals surface area contributed by atoms with Crippen molar-refractivity contribution in [1.29, 1.82) is 0 Å². The first-order valence-electron chi connectivity index (χ1n) is 6.15. The Kier molecular flexibility index (Phi) is 4.35. The summed E-state index contributed by atoms with van der Waals surface area (Å²) in [5.41, 5.74) is 0. The van der Waals surface area contributed by atoms with E-state index in [1.54, 1.807) is 18.1 Å². The van der Waals surface area contributed by atoms with Crippen molar-refractivity contribution in [2.24, 2.45) is 5.92 Å². The molecule has 0 saturated carbocycles. The molecule has 0 bridgehead atoms. The van der Waals surface area contributed by atoms with Gasteiger partial charge >= 0.3 is 0 Å². The van der Waals surface area contributed by atoms with Crippen LogP contribution in [0.3, 0.4) is 0 Å². The fourth-order valence-corrected chi connectivity index (χ4v) is 2.54. The molecule has 1 aliphatic rings. The number of hydrogen-bond acceptors (Lipinski definition) is 3. The van der Waals surface area contributed by atoms with Crippen LogP contribution in [0.2, 0.25) is 0 Å². The highest BCUT2D eigenvalue weighted by molar-refractivity contribution is 9.10. The number of hydrogen-bond donors (Lipinski definition) is 0. The molecule has 0 aromatic carbocycles. The van der Waals surface area contributed by atoms with Crippen LogP contribution in [0.15, 0.2) is 22.8 Å². The topological polar surface area (TPSA) is 36.4 Å². The van der Waals surface area contributed by atoms with E-state index >= 15 is 0 Å². The van der Waals surface area contributed by atoms with E-state index in [1.165, 1.54) is 0 Å². The van der Waals surface area contributed by atoms with E-state index in [0.29, 0.717) is 5.82 Å². The second kappa shape index (κ2) is 5.80. The Hall–Kier alpha value is -0.940. The summed E-state index contributed by atoms with van der Waals surface area (Å²) in [7, 11) is 3.90. The molecular formula is C13H18BrN3O. The molecule has 2 rings (SSSR count). The molecule has 1 aliphatic heterocycles. The van der Waals surface area contributed by atoms with Gasteiger partial charge in [-0.15, -0.1) is 0 Å². The smallest absolute Gasteiger partial charge is 0.231 e. The summed E-state index contributed by atoms with van der Waals surface area (Å²) in [6, 6.07) is 3.73. The first-order chi connectivity index (χ1) is 8.58. The van der Waals surface area contributed by atoms with Crippen molar-refractivity contribution >= 4 is 27.7 Å². The van der Waals surface area contributed by atoms with Gasteiger partial charge < -0.3 is 4.90 Å². The first kappa shape index (κ1) is 13.5. The number of pyridine rings is 1. The van der Waals surface area contributed by atoms with Crippen molar-refractivity contribution in [2.45, 2.75) is 12.8 Å². The molecule has 1 fully saturated rings. The lowest BCUT2D eigenvalue weighted by molar-refractivity contribution is -0.123. The van der Waals surface area contributed by atoms with Gasteiger partial charge in [0.1, 0.15) is 5.82 Å². The maximum atomic E-state index is 12.4. The van der Waals surface area contributed by atoms with Crippen molar-refractivity contribution in [2.75, 3.05) is 32.1 Å². The van der Waals surface area contributed by atoms with Crippen LogP contribution >= 0.6 is 15.9 Å². The highest BCUT2D eigenvalue weighted by Crippen LogP contribution is 2.22. The average molecular weight is 312 g/mol. The fourth-order valence-electron chi connectivity index (χ4n) is 2.22. The van der Waals surface area contributed by atoms with Crippen LogP contribution in [0.5, 0.6) is 0 Å². The summed E-state index contributed by atoms with van der Waals surface area (Å²) >= 11 is 3.40. The summed E-state index contributed by atoms with van der Waals surface area (Å²) in [4.78, 5) is 20.5. The van der Waals surface area contributed by atoms with E-state index in [4.69, 9.17) is 0 Å². The fraction of sp³-hybridized carbons (Fsp3) is 0.538. The van der Waals surface area contributed by atoms with Gasteiger partial charge in [0.2, 0.25) is 5.91 Å². The molecule has 98 valence electrons. The minimum Gasteiger partial charge on any atom is -0.306 e. The summed E-state index contributed by atoms with van der Waals surface area (Å²) in [5, 5.41) is 0. The van der Waals surface area contributed by atoms with Gasteiger partial charge in [-0.25, -0.2) is 4.98 Å². The highest BCUT2D eigenvalue weighted by Gasteiger charge is 2.26. The molecule has 18 heavy (non-hydrogen) atoms. The number of likely N-dealkylation sites (tertiary alicyclic amines) is 1. The van der Waals surface area contributed by atoms with Gasteiger partial charge in [0, 0.05) is 23.6 Å². The van der Waals surface area contributed by atoms with E-state index in [9.17, 15) is 4.79 Å². The van der Waals surface area contributed by atoms with Crippen molar-refractivity contribution < 1.29 is 4.79 Å². The summed E-state index contributed by atoms with van der Waals surface area (Å²) in [5.74, 6) is 1.01. The monoisotopic (exact) mass is 311 g/mol. The van der Waals surface area contributed by atoms with Gasteiger partial charge in [-0.05, 0) is 45.1 Å². The van der Waals surface area contributed by atoms with E-state index in [-0.39, 0.29) is 11.8 Å². The third kappa shape index (κ3) is 3.09. The first-order valence-corrected chi connectivity index (χ1v) is 6.95. The Morgan fingerprint density at radius 3 is 2.78 bits per heavy atom.